The standard InChI is InChI=1S/C34H51N7O7.ClH/c35-32(36)38-20-10-2-1-9-18-30(43)40-29(24-42)31(44)37-19-11-12-22-41(34(46)48-26-28-16-7-4-8-17-28)23-13-21-39-33(45)47-25-27-14-5-3-6-15-27;/h3-8,14-17,29,42H,1-2,9-13,18-26H2,(H,37,44)(H,39,45)(H,40,43)(H4,35,36,38);1H/t29-;/m0./s1. The minimum atomic E-state index is -1.05. The summed E-state index contributed by atoms with van der Waals surface area (Å²) in [4.78, 5) is 55.3. The topological polar surface area (TPSA) is 211 Å². The molecule has 0 aliphatic heterocycles. The monoisotopic (exact) mass is 705 g/mol. The number of guanidine groups is 1. The van der Waals surface area contributed by atoms with Gasteiger partial charge in [-0.05, 0) is 43.2 Å². The van der Waals surface area contributed by atoms with Gasteiger partial charge < -0.3 is 46.9 Å². The molecule has 0 fully saturated rings. The number of nitrogens with one attached hydrogen (secondary N) is 3. The molecular formula is C34H52ClN7O7. The molecule has 15 heteroatoms. The van der Waals surface area contributed by atoms with E-state index < -0.39 is 30.7 Å². The number of nitrogens with zero attached hydrogens (tertiary/aromatic N) is 2. The van der Waals surface area contributed by atoms with Crippen LogP contribution in [0.4, 0.5) is 9.59 Å². The van der Waals surface area contributed by atoms with Crippen LogP contribution >= 0.6 is 12.4 Å². The highest BCUT2D eigenvalue weighted by atomic mass is 35.5. The van der Waals surface area contributed by atoms with Gasteiger partial charge in [0.2, 0.25) is 11.8 Å². The number of rotatable bonds is 23. The number of benzene rings is 2. The van der Waals surface area contributed by atoms with Crippen LogP contribution in [0.15, 0.2) is 65.7 Å². The number of aliphatic hydroxyl groups is 1. The Morgan fingerprint density at radius 2 is 1.35 bits per heavy atom. The van der Waals surface area contributed by atoms with Gasteiger partial charge in [0.05, 0.1) is 6.61 Å². The zero-order chi connectivity index (χ0) is 34.8. The van der Waals surface area contributed by atoms with Gasteiger partial charge in [-0.3, -0.25) is 14.6 Å². The van der Waals surface area contributed by atoms with Crippen LogP contribution in [0.25, 0.3) is 0 Å². The first-order chi connectivity index (χ1) is 23.3. The normalized spacial score (nSPS) is 10.9. The van der Waals surface area contributed by atoms with Crippen LogP contribution in [0.5, 0.6) is 0 Å². The van der Waals surface area contributed by atoms with Gasteiger partial charge >= 0.3 is 12.2 Å². The Hall–Kier alpha value is -4.56. The quantitative estimate of drug-likeness (QED) is 0.0569. The van der Waals surface area contributed by atoms with Crippen molar-refractivity contribution in [2.24, 2.45) is 16.5 Å². The average Bonchev–Trinajstić information content (AvgIpc) is 3.09. The van der Waals surface area contributed by atoms with Crippen LogP contribution in [0.1, 0.15) is 62.5 Å². The minimum Gasteiger partial charge on any atom is -0.445 e. The highest BCUT2D eigenvalue weighted by Crippen LogP contribution is 2.07. The van der Waals surface area contributed by atoms with Crippen LogP contribution in [-0.4, -0.2) is 85.3 Å². The Balaban J connectivity index is 0.0000120. The van der Waals surface area contributed by atoms with E-state index in [4.69, 9.17) is 20.9 Å². The molecule has 0 spiro atoms. The summed E-state index contributed by atoms with van der Waals surface area (Å²) in [6.07, 6.45) is 3.96. The molecular weight excluding hydrogens is 654 g/mol. The number of aliphatic hydroxyl groups excluding tert-OH is 1. The lowest BCUT2D eigenvalue weighted by Gasteiger charge is -2.22. The predicted molar refractivity (Wildman–Crippen MR) is 190 cm³/mol. The molecule has 0 aliphatic carbocycles. The molecule has 2 aromatic rings. The fourth-order valence-corrected chi connectivity index (χ4v) is 4.52. The van der Waals surface area contributed by atoms with Gasteiger partial charge in [0.1, 0.15) is 19.3 Å². The van der Waals surface area contributed by atoms with E-state index in [-0.39, 0.29) is 43.9 Å². The van der Waals surface area contributed by atoms with E-state index in [0.717, 1.165) is 30.4 Å². The first-order valence-electron chi connectivity index (χ1n) is 16.4. The second kappa shape index (κ2) is 26.4. The van der Waals surface area contributed by atoms with E-state index in [9.17, 15) is 24.3 Å². The van der Waals surface area contributed by atoms with Gasteiger partial charge in [-0.15, -0.1) is 12.4 Å². The third-order valence-corrected chi connectivity index (χ3v) is 7.14. The van der Waals surface area contributed by atoms with Crippen LogP contribution < -0.4 is 27.4 Å². The van der Waals surface area contributed by atoms with Crippen LogP contribution in [0, 0.1) is 0 Å². The second-order valence-corrected chi connectivity index (χ2v) is 11.1. The molecule has 4 amide bonds. The maximum absolute atomic E-state index is 12.9. The van der Waals surface area contributed by atoms with Gasteiger partial charge in [0, 0.05) is 39.1 Å². The fourth-order valence-electron chi connectivity index (χ4n) is 4.52. The summed E-state index contributed by atoms with van der Waals surface area (Å²) in [5.41, 5.74) is 12.3. The summed E-state index contributed by atoms with van der Waals surface area (Å²) in [5.74, 6) is -0.728. The molecule has 2 aromatic carbocycles. The predicted octanol–water partition coefficient (Wildman–Crippen LogP) is 2.96. The lowest BCUT2D eigenvalue weighted by molar-refractivity contribution is -0.130. The number of hydrogen-bond donors (Lipinski definition) is 6. The lowest BCUT2D eigenvalue weighted by atomic mass is 10.1. The van der Waals surface area contributed by atoms with Gasteiger partial charge in [-0.1, -0.05) is 73.5 Å². The van der Waals surface area contributed by atoms with Crippen LogP contribution in [0.2, 0.25) is 0 Å². The second-order valence-electron chi connectivity index (χ2n) is 11.1. The van der Waals surface area contributed by atoms with E-state index in [1.54, 1.807) is 4.90 Å². The highest BCUT2D eigenvalue weighted by molar-refractivity contribution is 5.87. The molecule has 49 heavy (non-hydrogen) atoms. The summed E-state index contributed by atoms with van der Waals surface area (Å²) >= 11 is 0. The molecule has 2 rings (SSSR count). The Kier molecular flexibility index (Phi) is 22.9. The number of carbonyl (C=O) groups excluding carboxylic acids is 4. The maximum atomic E-state index is 12.9. The van der Waals surface area contributed by atoms with Crippen molar-refractivity contribution in [2.45, 2.75) is 70.6 Å². The van der Waals surface area contributed by atoms with Crippen molar-refractivity contribution >= 4 is 42.4 Å². The Morgan fingerprint density at radius 1 is 0.755 bits per heavy atom. The zero-order valence-electron chi connectivity index (χ0n) is 28.0. The Bertz CT molecular complexity index is 1250. The number of nitrogens with two attached hydrogens (primary N) is 2. The third-order valence-electron chi connectivity index (χ3n) is 7.14. The number of carbonyl (C=O) groups is 4. The molecule has 0 radical (unpaired) electrons. The number of ether oxygens (including phenoxy) is 2. The Labute approximate surface area is 294 Å². The van der Waals surface area contributed by atoms with Crippen molar-refractivity contribution in [3.05, 3.63) is 71.8 Å². The van der Waals surface area contributed by atoms with Crippen LogP contribution in [0.3, 0.4) is 0 Å². The number of hydrogen-bond acceptors (Lipinski definition) is 8. The van der Waals surface area contributed by atoms with Gasteiger partial charge in [-0.25, -0.2) is 9.59 Å². The van der Waals surface area contributed by atoms with E-state index in [2.05, 4.69) is 20.9 Å². The molecule has 14 nitrogen and oxygen atoms in total. The zero-order valence-corrected chi connectivity index (χ0v) is 28.8. The molecule has 0 heterocycles. The van der Waals surface area contributed by atoms with E-state index in [1.165, 1.54) is 0 Å². The SMILES string of the molecule is Cl.NC(N)=NCCCCCCC(=O)N[C@@H](CO)C(=O)NCCCCN(CCCNC(=O)OCc1ccccc1)C(=O)OCc1ccccc1. The van der Waals surface area contributed by atoms with Crippen molar-refractivity contribution in [1.29, 1.82) is 0 Å². The number of amides is 4. The van der Waals surface area contributed by atoms with Crippen molar-refractivity contribution < 1.29 is 33.8 Å². The molecule has 8 N–H and O–H groups in total. The Morgan fingerprint density at radius 3 is 1.98 bits per heavy atom. The van der Waals surface area contributed by atoms with Gasteiger partial charge in [0.15, 0.2) is 5.96 Å². The van der Waals surface area contributed by atoms with Crippen molar-refractivity contribution in [3.8, 4) is 0 Å². The van der Waals surface area contributed by atoms with Crippen molar-refractivity contribution in [2.75, 3.05) is 39.3 Å². The highest BCUT2D eigenvalue weighted by Gasteiger charge is 2.20. The molecule has 1 atom stereocenters. The summed E-state index contributed by atoms with van der Waals surface area (Å²) in [7, 11) is 0. The number of aliphatic imine (C=N–C) groups is 1. The summed E-state index contributed by atoms with van der Waals surface area (Å²) in [6.45, 7) is 1.62. The summed E-state index contributed by atoms with van der Waals surface area (Å²) in [6, 6.07) is 17.7. The smallest absolute Gasteiger partial charge is 0.410 e. The lowest BCUT2D eigenvalue weighted by Crippen LogP contribution is -2.49. The molecule has 0 aliphatic rings. The van der Waals surface area contributed by atoms with E-state index in [0.29, 0.717) is 58.4 Å². The van der Waals surface area contributed by atoms with E-state index >= 15 is 0 Å². The first kappa shape index (κ1) is 42.5. The third kappa shape index (κ3) is 20.4. The minimum absolute atomic E-state index is 0. The summed E-state index contributed by atoms with van der Waals surface area (Å²) in [5, 5.41) is 17.7. The van der Waals surface area contributed by atoms with Gasteiger partial charge in [0.25, 0.3) is 0 Å². The maximum Gasteiger partial charge on any atom is 0.410 e. The number of alkyl carbamates (subject to hydrolysis) is 1. The molecule has 272 valence electrons. The van der Waals surface area contributed by atoms with Crippen molar-refractivity contribution in [3.63, 3.8) is 0 Å². The summed E-state index contributed by atoms with van der Waals surface area (Å²) < 4.78 is 10.7. The fraction of sp³-hybridized carbons (Fsp3) is 0.500. The van der Waals surface area contributed by atoms with Crippen LogP contribution in [-0.2, 0) is 32.3 Å². The number of halogens is 1. The largest absolute Gasteiger partial charge is 0.445 e. The molecule has 0 saturated heterocycles. The van der Waals surface area contributed by atoms with Crippen molar-refractivity contribution in [1.82, 2.24) is 20.9 Å². The average molecular weight is 706 g/mol. The first-order valence-corrected chi connectivity index (χ1v) is 16.4. The number of unbranched alkanes of at least 4 members (excludes halogenated alkanes) is 4. The molecule has 0 aromatic heterocycles. The van der Waals surface area contributed by atoms with E-state index in [1.807, 2.05) is 60.7 Å². The molecule has 0 bridgehead atoms. The molecule has 0 unspecified atom stereocenters. The van der Waals surface area contributed by atoms with Gasteiger partial charge in [-0.2, -0.15) is 0 Å². The molecule has 0 saturated carbocycles.